The summed E-state index contributed by atoms with van der Waals surface area (Å²) in [6.07, 6.45) is 5.19. The van der Waals surface area contributed by atoms with E-state index in [1.54, 1.807) is 35.3 Å². The Morgan fingerprint density at radius 1 is 0.926 bits per heavy atom. The molecule has 1 aromatic carbocycles. The van der Waals surface area contributed by atoms with E-state index in [4.69, 9.17) is 23.2 Å². The molecular weight excluding hydrogens is 387 g/mol. The number of carbonyl (C=O) groups is 1. The van der Waals surface area contributed by atoms with Gasteiger partial charge in [0.2, 0.25) is 0 Å². The highest BCUT2D eigenvalue weighted by Crippen LogP contribution is 2.24. The Morgan fingerprint density at radius 3 is 2.30 bits per heavy atom. The van der Waals surface area contributed by atoms with Gasteiger partial charge in [-0.2, -0.15) is 0 Å². The molecule has 0 saturated carbocycles. The molecule has 1 fully saturated rings. The van der Waals surface area contributed by atoms with Crippen LogP contribution in [-0.4, -0.2) is 56.7 Å². The lowest BCUT2D eigenvalue weighted by Gasteiger charge is -2.35. The van der Waals surface area contributed by atoms with E-state index in [2.05, 4.69) is 20.1 Å². The molecule has 138 valence electrons. The number of amides is 1. The number of hydrogen-bond donors (Lipinski definition) is 0. The van der Waals surface area contributed by atoms with Crippen molar-refractivity contribution < 1.29 is 4.79 Å². The van der Waals surface area contributed by atoms with Crippen LogP contribution in [0.25, 0.3) is 5.82 Å². The van der Waals surface area contributed by atoms with Gasteiger partial charge in [0.05, 0.1) is 10.0 Å². The number of piperazine rings is 1. The molecule has 0 unspecified atom stereocenters. The highest BCUT2D eigenvalue weighted by atomic mass is 35.5. The molecule has 1 saturated heterocycles. The van der Waals surface area contributed by atoms with Crippen LogP contribution in [0.1, 0.15) is 10.4 Å². The van der Waals surface area contributed by atoms with Crippen LogP contribution >= 0.6 is 23.2 Å². The van der Waals surface area contributed by atoms with E-state index >= 15 is 0 Å². The molecule has 0 radical (unpaired) electrons. The van der Waals surface area contributed by atoms with Gasteiger partial charge in [-0.1, -0.05) is 23.2 Å². The first-order chi connectivity index (χ1) is 13.1. The van der Waals surface area contributed by atoms with Crippen molar-refractivity contribution >= 4 is 34.9 Å². The maximum atomic E-state index is 12.7. The normalized spacial score (nSPS) is 14.4. The predicted octanol–water partition coefficient (Wildman–Crippen LogP) is 2.93. The quantitative estimate of drug-likeness (QED) is 0.673. The number of imidazole rings is 1. The van der Waals surface area contributed by atoms with Crippen molar-refractivity contribution in [3.05, 3.63) is 64.7 Å². The summed E-state index contributed by atoms with van der Waals surface area (Å²) < 4.78 is 1.80. The van der Waals surface area contributed by atoms with Crippen LogP contribution in [0.5, 0.6) is 0 Å². The molecule has 1 aliphatic rings. The molecule has 3 heterocycles. The van der Waals surface area contributed by atoms with Gasteiger partial charge in [0.15, 0.2) is 11.6 Å². The predicted molar refractivity (Wildman–Crippen MR) is 104 cm³/mol. The Balaban J connectivity index is 1.39. The van der Waals surface area contributed by atoms with Crippen molar-refractivity contribution in [2.75, 3.05) is 31.1 Å². The van der Waals surface area contributed by atoms with Crippen molar-refractivity contribution in [2.24, 2.45) is 0 Å². The number of nitrogens with zero attached hydrogens (tertiary/aromatic N) is 6. The first kappa shape index (κ1) is 17.8. The van der Waals surface area contributed by atoms with Crippen molar-refractivity contribution in [3.63, 3.8) is 0 Å². The fourth-order valence-electron chi connectivity index (χ4n) is 2.97. The lowest BCUT2D eigenvalue weighted by Crippen LogP contribution is -2.49. The summed E-state index contributed by atoms with van der Waals surface area (Å²) in [7, 11) is 0. The standard InChI is InChI=1S/C18H16Cl2N6O/c19-14-2-1-13(11-15(14)20)18(27)25-9-7-24(8-10-25)16-3-4-17(23-22-16)26-6-5-21-12-26/h1-6,11-12H,7-10H2. The summed E-state index contributed by atoms with van der Waals surface area (Å²) in [5.41, 5.74) is 0.544. The molecule has 1 amide bonds. The number of halogens is 2. The SMILES string of the molecule is O=C(c1ccc(Cl)c(Cl)c1)N1CCN(c2ccc(-n3ccnc3)nn2)CC1. The minimum Gasteiger partial charge on any atom is -0.352 e. The lowest BCUT2D eigenvalue weighted by molar-refractivity contribution is 0.0746. The lowest BCUT2D eigenvalue weighted by atomic mass is 10.2. The van der Waals surface area contributed by atoms with Crippen LogP contribution in [0.15, 0.2) is 49.1 Å². The summed E-state index contributed by atoms with van der Waals surface area (Å²) >= 11 is 11.9. The molecule has 1 aliphatic heterocycles. The van der Waals surface area contributed by atoms with Crippen LogP contribution in [-0.2, 0) is 0 Å². The number of anilines is 1. The smallest absolute Gasteiger partial charge is 0.254 e. The van der Waals surface area contributed by atoms with Gasteiger partial charge in [-0.3, -0.25) is 9.36 Å². The highest BCUT2D eigenvalue weighted by Gasteiger charge is 2.23. The summed E-state index contributed by atoms with van der Waals surface area (Å²) in [6, 6.07) is 8.78. The molecule has 27 heavy (non-hydrogen) atoms. The Hall–Kier alpha value is -2.64. The molecule has 3 aromatic rings. The average Bonchev–Trinajstić information content (AvgIpc) is 3.25. The van der Waals surface area contributed by atoms with Crippen LogP contribution in [0.4, 0.5) is 5.82 Å². The fraction of sp³-hybridized carbons (Fsp3) is 0.222. The molecule has 0 N–H and O–H groups in total. The van der Waals surface area contributed by atoms with Gasteiger partial charge in [0, 0.05) is 44.1 Å². The van der Waals surface area contributed by atoms with Crippen molar-refractivity contribution in [1.29, 1.82) is 0 Å². The fourth-order valence-corrected chi connectivity index (χ4v) is 3.27. The van der Waals surface area contributed by atoms with Gasteiger partial charge in [0.1, 0.15) is 6.33 Å². The van der Waals surface area contributed by atoms with Gasteiger partial charge in [0.25, 0.3) is 5.91 Å². The van der Waals surface area contributed by atoms with Gasteiger partial charge < -0.3 is 9.80 Å². The first-order valence-corrected chi connectivity index (χ1v) is 9.19. The van der Waals surface area contributed by atoms with E-state index in [9.17, 15) is 4.79 Å². The zero-order valence-corrected chi connectivity index (χ0v) is 15.8. The zero-order chi connectivity index (χ0) is 18.8. The van der Waals surface area contributed by atoms with Crippen molar-refractivity contribution in [2.45, 2.75) is 0 Å². The summed E-state index contributed by atoms with van der Waals surface area (Å²) in [5, 5.41) is 9.36. The molecule has 0 spiro atoms. The summed E-state index contributed by atoms with van der Waals surface area (Å²) in [6.45, 7) is 2.58. The van der Waals surface area contributed by atoms with Gasteiger partial charge >= 0.3 is 0 Å². The van der Waals surface area contributed by atoms with Crippen LogP contribution in [0.2, 0.25) is 10.0 Å². The van der Waals surface area contributed by atoms with Gasteiger partial charge in [-0.25, -0.2) is 4.98 Å². The average molecular weight is 403 g/mol. The number of rotatable bonds is 3. The minimum absolute atomic E-state index is 0.0465. The third kappa shape index (κ3) is 3.74. The Bertz CT molecular complexity index is 937. The highest BCUT2D eigenvalue weighted by molar-refractivity contribution is 6.42. The second-order valence-corrected chi connectivity index (χ2v) is 6.94. The number of aromatic nitrogens is 4. The molecule has 0 atom stereocenters. The van der Waals surface area contributed by atoms with E-state index in [1.165, 1.54) is 0 Å². The van der Waals surface area contributed by atoms with E-state index in [-0.39, 0.29) is 5.91 Å². The first-order valence-electron chi connectivity index (χ1n) is 8.43. The molecule has 4 rings (SSSR count). The van der Waals surface area contributed by atoms with Gasteiger partial charge in [-0.05, 0) is 30.3 Å². The van der Waals surface area contributed by atoms with E-state index in [0.717, 1.165) is 5.82 Å². The molecule has 2 aromatic heterocycles. The van der Waals surface area contributed by atoms with E-state index < -0.39 is 0 Å². The third-order valence-corrected chi connectivity index (χ3v) is 5.20. The van der Waals surface area contributed by atoms with Crippen molar-refractivity contribution in [3.8, 4) is 5.82 Å². The molecule has 0 aliphatic carbocycles. The topological polar surface area (TPSA) is 67.2 Å². The minimum atomic E-state index is -0.0465. The van der Waals surface area contributed by atoms with E-state index in [0.29, 0.717) is 47.6 Å². The number of carbonyl (C=O) groups excluding carboxylic acids is 1. The number of hydrogen-bond acceptors (Lipinski definition) is 5. The van der Waals surface area contributed by atoms with E-state index in [1.807, 2.05) is 23.2 Å². The Labute approximate surface area is 166 Å². The second kappa shape index (κ2) is 7.54. The van der Waals surface area contributed by atoms with Crippen molar-refractivity contribution in [1.82, 2.24) is 24.6 Å². The third-order valence-electron chi connectivity index (χ3n) is 4.46. The van der Waals surface area contributed by atoms with Crippen LogP contribution < -0.4 is 4.90 Å². The maximum absolute atomic E-state index is 12.7. The summed E-state index contributed by atoms with van der Waals surface area (Å²) in [5.74, 6) is 1.46. The number of benzene rings is 1. The zero-order valence-electron chi connectivity index (χ0n) is 14.3. The Kier molecular flexibility index (Phi) is 4.96. The van der Waals surface area contributed by atoms with Crippen LogP contribution in [0, 0.1) is 0 Å². The molecule has 9 heteroatoms. The monoisotopic (exact) mass is 402 g/mol. The van der Waals surface area contributed by atoms with Gasteiger partial charge in [-0.15, -0.1) is 10.2 Å². The maximum Gasteiger partial charge on any atom is 0.254 e. The summed E-state index contributed by atoms with van der Waals surface area (Å²) in [4.78, 5) is 20.6. The second-order valence-electron chi connectivity index (χ2n) is 6.13. The largest absolute Gasteiger partial charge is 0.352 e. The molecule has 0 bridgehead atoms. The Morgan fingerprint density at radius 2 is 1.67 bits per heavy atom. The molecule has 7 nitrogen and oxygen atoms in total. The molecular formula is C18H16Cl2N6O. The van der Waals surface area contributed by atoms with Crippen LogP contribution in [0.3, 0.4) is 0 Å².